The van der Waals surface area contributed by atoms with Crippen LogP contribution < -0.4 is 14.9 Å². The molecule has 5 aromatic rings. The molecule has 0 spiro atoms. The molecule has 12 nitrogen and oxygen atoms in total. The minimum absolute atomic E-state index is 0.0180. The number of halogens is 1. The van der Waals surface area contributed by atoms with E-state index in [1.54, 1.807) is 23.9 Å². The minimum atomic E-state index is -4.47. The molecule has 2 fully saturated rings. The summed E-state index contributed by atoms with van der Waals surface area (Å²) in [6.45, 7) is 16.7. The van der Waals surface area contributed by atoms with Crippen molar-refractivity contribution in [3.05, 3.63) is 148 Å². The summed E-state index contributed by atoms with van der Waals surface area (Å²) in [4.78, 5) is 30.5. The number of piperidine rings is 1. The number of anilines is 2. The van der Waals surface area contributed by atoms with Gasteiger partial charge in [0, 0.05) is 71.8 Å². The third-order valence-corrected chi connectivity index (χ3v) is 20.5. The number of nitrogens with one attached hydrogen (secondary N) is 2. The topological polar surface area (TPSA) is 143 Å². The van der Waals surface area contributed by atoms with Crippen molar-refractivity contribution in [1.82, 2.24) is 9.62 Å². The Kier molecular flexibility index (Phi) is 16.6. The van der Waals surface area contributed by atoms with Gasteiger partial charge in [-0.1, -0.05) is 87.0 Å². The largest absolute Gasteiger partial charge is 0.410 e. The molecule has 2 saturated heterocycles. The highest BCUT2D eigenvalue weighted by molar-refractivity contribution is 7.99. The zero-order chi connectivity index (χ0) is 47.8. The molecule has 2 heterocycles. The van der Waals surface area contributed by atoms with Crippen LogP contribution in [0.3, 0.4) is 0 Å². The number of nitrogens with zero attached hydrogens (tertiary/aromatic N) is 3. The Balaban J connectivity index is 1.01. The monoisotopic (exact) mass is 983 g/mol. The molecule has 1 unspecified atom stereocenters. The number of benzene rings is 5. The van der Waals surface area contributed by atoms with E-state index >= 15 is 0 Å². The van der Waals surface area contributed by atoms with Gasteiger partial charge in [0.15, 0.2) is 8.32 Å². The standard InChI is InChI=1S/C51H62ClN5O7S2Si/c1-51(2,3)67(4,5)64-49(46-14-10-9-13-45(46)37-15-19-40(52)20-16-37)38-25-29-56(30-26-38)42-21-17-39(18-22-42)50(58)54-66(61,62)44-23-24-47(48(35-44)57(59)60)53-41(27-28-55-31-33-63-34-32-55)36-65-43-11-7-6-8-12-43/h6-24,35,38,41,49,53H,25-34,36H2,1-5H3,(H,54,58)/t41-,49?/m1/s1. The number of carbonyl (C=O) groups is 1. The van der Waals surface area contributed by atoms with E-state index in [1.807, 2.05) is 54.6 Å². The van der Waals surface area contributed by atoms with E-state index in [2.05, 4.69) is 90.1 Å². The molecule has 7 rings (SSSR count). The molecular weight excluding hydrogens is 922 g/mol. The van der Waals surface area contributed by atoms with E-state index in [0.717, 1.165) is 73.3 Å². The summed E-state index contributed by atoms with van der Waals surface area (Å²) in [5.74, 6) is 0.0585. The Bertz CT molecular complexity index is 2570. The number of nitro groups is 1. The lowest BCUT2D eigenvalue weighted by Gasteiger charge is -2.44. The molecule has 0 bridgehead atoms. The van der Waals surface area contributed by atoms with Gasteiger partial charge >= 0.3 is 0 Å². The van der Waals surface area contributed by atoms with Crippen LogP contribution in [0.4, 0.5) is 17.1 Å². The zero-order valence-corrected chi connectivity index (χ0v) is 42.3. The fourth-order valence-corrected chi connectivity index (χ4v) is 11.7. The van der Waals surface area contributed by atoms with Crippen molar-refractivity contribution in [2.45, 2.75) is 80.1 Å². The number of thioether (sulfide) groups is 1. The SMILES string of the molecule is CC(C)(C)[Si](C)(C)OC(c1ccccc1-c1ccc(Cl)cc1)C1CCN(c2ccc(C(=O)NS(=O)(=O)c3ccc(N[C@H](CCN4CCOCC4)CSc4ccccc4)c([N+](=O)[O-])c3)cc2)CC1. The fraction of sp³-hybridized carbons (Fsp3) is 0.392. The van der Waals surface area contributed by atoms with Crippen LogP contribution in [0.5, 0.6) is 0 Å². The van der Waals surface area contributed by atoms with E-state index in [0.29, 0.717) is 30.4 Å². The predicted molar refractivity (Wildman–Crippen MR) is 273 cm³/mol. The number of morpholine rings is 1. The number of nitro benzene ring substituents is 1. The van der Waals surface area contributed by atoms with Crippen LogP contribution in [-0.2, 0) is 19.2 Å². The van der Waals surface area contributed by atoms with Crippen molar-refractivity contribution in [2.24, 2.45) is 5.92 Å². The molecule has 356 valence electrons. The molecule has 0 aliphatic carbocycles. The quantitative estimate of drug-likeness (QED) is 0.0375. The van der Waals surface area contributed by atoms with Crippen molar-refractivity contribution in [1.29, 1.82) is 0 Å². The average molecular weight is 985 g/mol. The maximum Gasteiger partial charge on any atom is 0.293 e. The first-order chi connectivity index (χ1) is 32.0. The van der Waals surface area contributed by atoms with E-state index in [4.69, 9.17) is 20.8 Å². The molecule has 0 aromatic heterocycles. The Hall–Kier alpha value is -4.74. The summed E-state index contributed by atoms with van der Waals surface area (Å²) in [5, 5.41) is 16.5. The van der Waals surface area contributed by atoms with Crippen molar-refractivity contribution in [3.63, 3.8) is 0 Å². The summed E-state index contributed by atoms with van der Waals surface area (Å²) in [6.07, 6.45) is 2.37. The second-order valence-electron chi connectivity index (χ2n) is 18.8. The van der Waals surface area contributed by atoms with Crippen LogP contribution in [0, 0.1) is 16.0 Å². The van der Waals surface area contributed by atoms with Crippen LogP contribution in [0.1, 0.15) is 62.1 Å². The number of sulfonamides is 1. The van der Waals surface area contributed by atoms with Gasteiger partial charge in [0.25, 0.3) is 21.6 Å². The van der Waals surface area contributed by atoms with Crippen molar-refractivity contribution in [2.75, 3.05) is 61.9 Å². The van der Waals surface area contributed by atoms with E-state index in [9.17, 15) is 23.3 Å². The highest BCUT2D eigenvalue weighted by Crippen LogP contribution is 2.46. The van der Waals surface area contributed by atoms with E-state index in [1.165, 1.54) is 17.7 Å². The molecule has 2 atom stereocenters. The van der Waals surface area contributed by atoms with Crippen molar-refractivity contribution in [3.8, 4) is 11.1 Å². The Morgan fingerprint density at radius 3 is 2.22 bits per heavy atom. The average Bonchev–Trinajstić information content (AvgIpc) is 3.32. The van der Waals surface area contributed by atoms with Crippen LogP contribution in [-0.4, -0.2) is 90.2 Å². The van der Waals surface area contributed by atoms with Crippen molar-refractivity contribution >= 4 is 64.7 Å². The third-order valence-electron chi connectivity index (χ3n) is 13.3. The second-order valence-corrected chi connectivity index (χ2v) is 26.8. The summed E-state index contributed by atoms with van der Waals surface area (Å²) >= 11 is 7.92. The fourth-order valence-electron chi connectivity index (χ4n) is 8.31. The molecule has 2 aliphatic rings. The maximum atomic E-state index is 13.6. The van der Waals surface area contributed by atoms with Gasteiger partial charge in [-0.25, -0.2) is 13.1 Å². The lowest BCUT2D eigenvalue weighted by molar-refractivity contribution is -0.384. The summed E-state index contributed by atoms with van der Waals surface area (Å²) < 4.78 is 42.2. The highest BCUT2D eigenvalue weighted by Gasteiger charge is 2.42. The van der Waals surface area contributed by atoms with Gasteiger partial charge in [-0.2, -0.15) is 0 Å². The molecule has 67 heavy (non-hydrogen) atoms. The molecular formula is C51H62ClN5O7S2Si. The first-order valence-corrected chi connectivity index (χ1v) is 28.7. The molecule has 0 radical (unpaired) electrons. The summed E-state index contributed by atoms with van der Waals surface area (Å²) in [7, 11) is -6.67. The first kappa shape index (κ1) is 50.1. The predicted octanol–water partition coefficient (Wildman–Crippen LogP) is 11.3. The number of carbonyl (C=O) groups excluding carboxylic acids is 1. The lowest BCUT2D eigenvalue weighted by atomic mass is 9.84. The second kappa shape index (κ2) is 22.1. The number of amides is 1. The third kappa shape index (κ3) is 13.1. The van der Waals surface area contributed by atoms with Gasteiger partial charge in [0.05, 0.1) is 29.1 Å². The van der Waals surface area contributed by atoms with Crippen LogP contribution >= 0.6 is 23.4 Å². The minimum Gasteiger partial charge on any atom is -0.410 e. The molecule has 16 heteroatoms. The van der Waals surface area contributed by atoms with Gasteiger partial charge in [0.2, 0.25) is 0 Å². The van der Waals surface area contributed by atoms with Crippen LogP contribution in [0.15, 0.2) is 131 Å². The lowest BCUT2D eigenvalue weighted by Crippen LogP contribution is -2.45. The number of hydrogen-bond acceptors (Lipinski definition) is 11. The number of ether oxygens (including phenoxy) is 1. The first-order valence-electron chi connectivity index (χ1n) is 23.0. The number of rotatable bonds is 18. The Morgan fingerprint density at radius 1 is 0.910 bits per heavy atom. The number of hydrogen-bond donors (Lipinski definition) is 2. The van der Waals surface area contributed by atoms with Crippen LogP contribution in [0.25, 0.3) is 11.1 Å². The van der Waals surface area contributed by atoms with Gasteiger partial charge in [-0.05, 0) is 121 Å². The van der Waals surface area contributed by atoms with Gasteiger partial charge in [-0.3, -0.25) is 19.8 Å². The highest BCUT2D eigenvalue weighted by atomic mass is 35.5. The Labute approximate surface area is 406 Å². The van der Waals surface area contributed by atoms with Gasteiger partial charge in [0.1, 0.15) is 5.69 Å². The van der Waals surface area contributed by atoms with Gasteiger partial charge < -0.3 is 19.4 Å². The normalized spacial score (nSPS) is 16.3. The van der Waals surface area contributed by atoms with E-state index in [-0.39, 0.29) is 39.2 Å². The summed E-state index contributed by atoms with van der Waals surface area (Å²) in [5.41, 5.74) is 4.30. The summed E-state index contributed by atoms with van der Waals surface area (Å²) in [6, 6.07) is 36.8. The molecule has 2 aliphatic heterocycles. The molecule has 5 aromatic carbocycles. The molecule has 0 saturated carbocycles. The van der Waals surface area contributed by atoms with Crippen LogP contribution in [0.2, 0.25) is 23.2 Å². The molecule has 1 amide bonds. The van der Waals surface area contributed by atoms with Gasteiger partial charge in [-0.15, -0.1) is 11.8 Å². The smallest absolute Gasteiger partial charge is 0.293 e. The Morgan fingerprint density at radius 2 is 1.57 bits per heavy atom. The van der Waals surface area contributed by atoms with Crippen molar-refractivity contribution < 1.29 is 27.3 Å². The van der Waals surface area contributed by atoms with E-state index < -0.39 is 34.9 Å². The maximum absolute atomic E-state index is 13.6. The zero-order valence-electron chi connectivity index (χ0n) is 39.0. The molecule has 2 N–H and O–H groups in total.